The van der Waals surface area contributed by atoms with Crippen molar-refractivity contribution in [2.24, 2.45) is 0 Å². The van der Waals surface area contributed by atoms with Crippen LogP contribution in [0.5, 0.6) is 0 Å². The molecule has 0 amide bonds. The van der Waals surface area contributed by atoms with Crippen LogP contribution in [0.25, 0.3) is 0 Å². The number of hydrogen-bond acceptors (Lipinski definition) is 7. The third-order valence-electron chi connectivity index (χ3n) is 3.21. The molecule has 0 bridgehead atoms. The molecule has 0 aliphatic rings. The van der Waals surface area contributed by atoms with Crippen molar-refractivity contribution in [1.29, 1.82) is 0 Å². The van der Waals surface area contributed by atoms with Gasteiger partial charge in [-0.3, -0.25) is 10.1 Å². The third-order valence-corrected chi connectivity index (χ3v) is 6.08. The molecule has 128 valence electrons. The highest BCUT2D eigenvalue weighted by Crippen LogP contribution is 2.26. The molecule has 0 saturated heterocycles. The lowest BCUT2D eigenvalue weighted by Gasteiger charge is -2.17. The molecule has 1 aromatic carbocycles. The molecule has 0 N–H and O–H groups in total. The second-order valence-corrected chi connectivity index (χ2v) is 7.72. The SMILES string of the molecule is COC(=O)c1sccc1S(=O)(=O)N(C)Cc1cccc([N+](=O)[O-])c1. The summed E-state index contributed by atoms with van der Waals surface area (Å²) in [5.74, 6) is -0.729. The first-order valence-electron chi connectivity index (χ1n) is 6.63. The van der Waals surface area contributed by atoms with Crippen molar-refractivity contribution in [1.82, 2.24) is 4.31 Å². The van der Waals surface area contributed by atoms with Gasteiger partial charge in [-0.15, -0.1) is 11.3 Å². The lowest BCUT2D eigenvalue weighted by molar-refractivity contribution is -0.384. The highest BCUT2D eigenvalue weighted by Gasteiger charge is 2.28. The quantitative estimate of drug-likeness (QED) is 0.438. The van der Waals surface area contributed by atoms with Gasteiger partial charge in [0.05, 0.1) is 12.0 Å². The third kappa shape index (κ3) is 3.61. The summed E-state index contributed by atoms with van der Waals surface area (Å²) in [7, 11) is -1.43. The molecule has 0 radical (unpaired) electrons. The number of carbonyl (C=O) groups is 1. The molecule has 1 aromatic heterocycles. The van der Waals surface area contributed by atoms with Gasteiger partial charge in [0.25, 0.3) is 5.69 Å². The summed E-state index contributed by atoms with van der Waals surface area (Å²) >= 11 is 0.969. The number of hydrogen-bond donors (Lipinski definition) is 0. The minimum Gasteiger partial charge on any atom is -0.465 e. The van der Waals surface area contributed by atoms with E-state index in [0.717, 1.165) is 15.6 Å². The molecule has 0 saturated carbocycles. The lowest BCUT2D eigenvalue weighted by atomic mass is 10.2. The zero-order chi connectivity index (χ0) is 17.9. The van der Waals surface area contributed by atoms with Crippen molar-refractivity contribution in [2.45, 2.75) is 11.4 Å². The van der Waals surface area contributed by atoms with E-state index in [4.69, 9.17) is 0 Å². The van der Waals surface area contributed by atoms with Gasteiger partial charge in [0.15, 0.2) is 0 Å². The molecule has 0 atom stereocenters. The maximum absolute atomic E-state index is 12.6. The van der Waals surface area contributed by atoms with E-state index in [1.165, 1.54) is 43.8 Å². The van der Waals surface area contributed by atoms with Gasteiger partial charge in [-0.25, -0.2) is 13.2 Å². The van der Waals surface area contributed by atoms with E-state index >= 15 is 0 Å². The summed E-state index contributed by atoms with van der Waals surface area (Å²) in [5, 5.41) is 12.3. The summed E-state index contributed by atoms with van der Waals surface area (Å²) in [4.78, 5) is 21.8. The van der Waals surface area contributed by atoms with Crippen molar-refractivity contribution < 1.29 is 22.9 Å². The van der Waals surface area contributed by atoms with E-state index in [1.54, 1.807) is 6.07 Å². The van der Waals surface area contributed by atoms with Gasteiger partial charge in [-0.05, 0) is 17.0 Å². The summed E-state index contributed by atoms with van der Waals surface area (Å²) in [5.41, 5.74) is 0.342. The Kier molecular flexibility index (Phi) is 5.32. The standard InChI is InChI=1S/C14H14N2O6S2/c1-15(9-10-4-3-5-11(8-10)16(18)19)24(20,21)12-6-7-23-13(12)14(17)22-2/h3-8H,9H2,1-2H3. The number of non-ortho nitro benzene ring substituents is 1. The smallest absolute Gasteiger partial charge is 0.349 e. The fourth-order valence-electron chi connectivity index (χ4n) is 2.02. The first-order chi connectivity index (χ1) is 11.3. The molecule has 0 fully saturated rings. The van der Waals surface area contributed by atoms with Gasteiger partial charge in [0.1, 0.15) is 9.77 Å². The number of nitrogens with zero attached hydrogens (tertiary/aromatic N) is 2. The maximum Gasteiger partial charge on any atom is 0.349 e. The van der Waals surface area contributed by atoms with Crippen LogP contribution in [0.2, 0.25) is 0 Å². The van der Waals surface area contributed by atoms with Crippen LogP contribution < -0.4 is 0 Å². The van der Waals surface area contributed by atoms with Crippen LogP contribution in [0.1, 0.15) is 15.2 Å². The average molecular weight is 370 g/mol. The molecular weight excluding hydrogens is 356 g/mol. The van der Waals surface area contributed by atoms with E-state index in [-0.39, 0.29) is 22.0 Å². The van der Waals surface area contributed by atoms with E-state index in [9.17, 15) is 23.3 Å². The minimum atomic E-state index is -3.94. The van der Waals surface area contributed by atoms with Gasteiger partial charge >= 0.3 is 5.97 Å². The van der Waals surface area contributed by atoms with Crippen LogP contribution in [0.4, 0.5) is 5.69 Å². The van der Waals surface area contributed by atoms with E-state index < -0.39 is 20.9 Å². The van der Waals surface area contributed by atoms with Gasteiger partial charge in [0, 0.05) is 25.7 Å². The number of nitro benzene ring substituents is 1. The number of benzene rings is 1. The lowest BCUT2D eigenvalue weighted by Crippen LogP contribution is -2.27. The molecule has 2 rings (SSSR count). The summed E-state index contributed by atoms with van der Waals surface area (Å²) in [6.07, 6.45) is 0. The van der Waals surface area contributed by atoms with Crippen LogP contribution in [-0.2, 0) is 21.3 Å². The predicted octanol–water partition coefficient (Wildman–Crippen LogP) is 2.26. The fourth-order valence-corrected chi connectivity index (χ4v) is 4.48. The largest absolute Gasteiger partial charge is 0.465 e. The first kappa shape index (κ1) is 18.0. The first-order valence-corrected chi connectivity index (χ1v) is 8.95. The number of methoxy groups -OCH3 is 1. The zero-order valence-corrected chi connectivity index (χ0v) is 14.5. The minimum absolute atomic E-state index is 0.0107. The van der Waals surface area contributed by atoms with Crippen molar-refractivity contribution in [3.63, 3.8) is 0 Å². The van der Waals surface area contributed by atoms with E-state index in [2.05, 4.69) is 4.74 Å². The van der Waals surface area contributed by atoms with Gasteiger partial charge in [-0.2, -0.15) is 4.31 Å². The molecule has 2 aromatic rings. The molecule has 0 aliphatic carbocycles. The summed E-state index contributed by atoms with van der Waals surface area (Å²) < 4.78 is 30.9. The van der Waals surface area contributed by atoms with E-state index in [1.807, 2.05) is 0 Å². The molecule has 1 heterocycles. The van der Waals surface area contributed by atoms with Crippen molar-refractivity contribution >= 4 is 33.0 Å². The zero-order valence-electron chi connectivity index (χ0n) is 12.8. The van der Waals surface area contributed by atoms with Crippen LogP contribution in [0.15, 0.2) is 40.6 Å². The number of esters is 1. The van der Waals surface area contributed by atoms with Crippen molar-refractivity contribution in [3.8, 4) is 0 Å². The van der Waals surface area contributed by atoms with Crippen molar-refractivity contribution in [2.75, 3.05) is 14.2 Å². The Balaban J connectivity index is 2.30. The Labute approximate surface area is 142 Å². The predicted molar refractivity (Wildman–Crippen MR) is 87.4 cm³/mol. The number of nitro groups is 1. The molecule has 0 spiro atoms. The number of rotatable bonds is 6. The molecule has 24 heavy (non-hydrogen) atoms. The molecule has 8 nitrogen and oxygen atoms in total. The van der Waals surface area contributed by atoms with E-state index in [0.29, 0.717) is 5.56 Å². The number of ether oxygens (including phenoxy) is 1. The molecule has 10 heteroatoms. The molecular formula is C14H14N2O6S2. The van der Waals surface area contributed by atoms with Crippen LogP contribution in [0.3, 0.4) is 0 Å². The molecule has 0 unspecified atom stereocenters. The normalized spacial score (nSPS) is 11.5. The second-order valence-electron chi connectivity index (χ2n) is 4.79. The Bertz CT molecular complexity index is 875. The van der Waals surface area contributed by atoms with Gasteiger partial charge in [0.2, 0.25) is 10.0 Å². The monoisotopic (exact) mass is 370 g/mol. The molecule has 0 aliphatic heterocycles. The van der Waals surface area contributed by atoms with Crippen molar-refractivity contribution in [3.05, 3.63) is 56.3 Å². The summed E-state index contributed by atoms with van der Waals surface area (Å²) in [6.45, 7) is -0.0690. The number of sulfonamides is 1. The van der Waals surface area contributed by atoms with Gasteiger partial charge < -0.3 is 4.74 Å². The summed E-state index contributed by atoms with van der Waals surface area (Å²) in [6, 6.07) is 7.04. The Morgan fingerprint density at radius 3 is 2.71 bits per heavy atom. The fraction of sp³-hybridized carbons (Fsp3) is 0.214. The Hall–Kier alpha value is -2.30. The van der Waals surface area contributed by atoms with Crippen LogP contribution >= 0.6 is 11.3 Å². The van der Waals surface area contributed by atoms with Gasteiger partial charge in [-0.1, -0.05) is 12.1 Å². The Morgan fingerprint density at radius 2 is 2.08 bits per heavy atom. The number of thiophene rings is 1. The highest BCUT2D eigenvalue weighted by molar-refractivity contribution is 7.89. The second kappa shape index (κ2) is 7.07. The maximum atomic E-state index is 12.6. The number of carbonyl (C=O) groups excluding carboxylic acids is 1. The van der Waals surface area contributed by atoms with Crippen LogP contribution in [0, 0.1) is 10.1 Å². The van der Waals surface area contributed by atoms with Crippen LogP contribution in [-0.4, -0.2) is 37.8 Å². The highest BCUT2D eigenvalue weighted by atomic mass is 32.2. The Morgan fingerprint density at radius 1 is 1.38 bits per heavy atom. The topological polar surface area (TPSA) is 107 Å². The average Bonchev–Trinajstić information content (AvgIpc) is 3.04.